The van der Waals surface area contributed by atoms with Gasteiger partial charge in [0.25, 0.3) is 0 Å². The van der Waals surface area contributed by atoms with E-state index >= 15 is 0 Å². The maximum absolute atomic E-state index is 11.9. The number of carbonyl (C=O) groups is 1. The fourth-order valence-corrected chi connectivity index (χ4v) is 1.07. The Morgan fingerprint density at radius 1 is 1.23 bits per heavy atom. The molecule has 0 aromatic heterocycles. The van der Waals surface area contributed by atoms with Crippen LogP contribution in [-0.4, -0.2) is 12.2 Å². The highest BCUT2D eigenvalue weighted by Gasteiger charge is 2.18. The molecule has 1 rings (SSSR count). The summed E-state index contributed by atoms with van der Waals surface area (Å²) in [5, 5.41) is 0.320. The van der Waals surface area contributed by atoms with Crippen molar-refractivity contribution in [3.05, 3.63) is 33.8 Å². The molecule has 0 saturated carbocycles. The molecule has 0 aliphatic rings. The van der Waals surface area contributed by atoms with Crippen LogP contribution in [0.1, 0.15) is 10.4 Å². The summed E-state index contributed by atoms with van der Waals surface area (Å²) in [5.74, 6) is -1.25. The lowest BCUT2D eigenvalue weighted by molar-refractivity contribution is 0.0679. The van der Waals surface area contributed by atoms with Crippen molar-refractivity contribution in [2.75, 3.05) is 0 Å². The van der Waals surface area contributed by atoms with Crippen molar-refractivity contribution < 1.29 is 13.6 Å². The molecule has 0 bridgehead atoms. The Labute approximate surface area is 83.3 Å². The Morgan fingerprint density at radius 2 is 1.85 bits per heavy atom. The molecule has 0 unspecified atom stereocenters. The molecule has 0 atom stereocenters. The quantitative estimate of drug-likeness (QED) is 0.704. The number of Topliss-reactive ketones (excluding diaryl/α,β-unsaturated/α-hetero) is 1. The lowest BCUT2D eigenvalue weighted by atomic mass is 10.1. The molecule has 0 amide bonds. The molecule has 0 N–H and O–H groups in total. The number of alkyl halides is 2. The number of carbonyl (C=O) groups excluding carboxylic acids is 1. The summed E-state index contributed by atoms with van der Waals surface area (Å²) in [6.45, 7) is 0. The van der Waals surface area contributed by atoms with E-state index in [0.29, 0.717) is 0 Å². The Balaban J connectivity index is 3.04. The van der Waals surface area contributed by atoms with Crippen molar-refractivity contribution in [1.29, 1.82) is 0 Å². The Kier molecular flexibility index (Phi) is 3.22. The predicted octanol–water partition coefficient (Wildman–Crippen LogP) is 3.44. The minimum atomic E-state index is -3.02. The summed E-state index contributed by atoms with van der Waals surface area (Å²) in [6, 6.07) is 3.64. The van der Waals surface area contributed by atoms with Crippen LogP contribution in [0.5, 0.6) is 0 Å². The lowest BCUT2D eigenvalue weighted by Gasteiger charge is -2.00. The second-order valence-corrected chi connectivity index (χ2v) is 3.11. The molecule has 13 heavy (non-hydrogen) atoms. The summed E-state index contributed by atoms with van der Waals surface area (Å²) in [5.41, 5.74) is -0.135. The Morgan fingerprint density at radius 3 is 2.31 bits per heavy atom. The standard InChI is InChI=1S/C8H4Cl2F2O/c9-5-2-1-4(3-6(5)10)7(13)8(11)12/h1-3,8H. The molecule has 5 heteroatoms. The van der Waals surface area contributed by atoms with Crippen LogP contribution in [0.3, 0.4) is 0 Å². The van der Waals surface area contributed by atoms with Gasteiger partial charge in [0.2, 0.25) is 5.78 Å². The van der Waals surface area contributed by atoms with Gasteiger partial charge < -0.3 is 0 Å². The molecule has 0 aliphatic carbocycles. The van der Waals surface area contributed by atoms with E-state index < -0.39 is 12.2 Å². The summed E-state index contributed by atoms with van der Waals surface area (Å²) < 4.78 is 23.8. The molecule has 0 fully saturated rings. The van der Waals surface area contributed by atoms with Gasteiger partial charge >= 0.3 is 6.43 Å². The maximum atomic E-state index is 11.9. The van der Waals surface area contributed by atoms with Crippen LogP contribution in [0.25, 0.3) is 0 Å². The third-order valence-corrected chi connectivity index (χ3v) is 2.14. The van der Waals surface area contributed by atoms with E-state index in [4.69, 9.17) is 23.2 Å². The van der Waals surface area contributed by atoms with Gasteiger partial charge in [0.1, 0.15) is 0 Å². The zero-order valence-electron chi connectivity index (χ0n) is 6.23. The molecule has 1 nitrogen and oxygen atoms in total. The zero-order chi connectivity index (χ0) is 10.0. The van der Waals surface area contributed by atoms with Gasteiger partial charge in [0.15, 0.2) is 0 Å². The van der Waals surface area contributed by atoms with E-state index in [9.17, 15) is 13.6 Å². The van der Waals surface area contributed by atoms with Gasteiger partial charge in [-0.05, 0) is 18.2 Å². The molecule has 0 saturated heterocycles. The van der Waals surface area contributed by atoms with Gasteiger partial charge in [-0.1, -0.05) is 23.2 Å². The average Bonchev–Trinajstić information content (AvgIpc) is 2.08. The van der Waals surface area contributed by atoms with Gasteiger partial charge in [0, 0.05) is 5.56 Å². The van der Waals surface area contributed by atoms with E-state index in [0.717, 1.165) is 6.07 Å². The second-order valence-electron chi connectivity index (χ2n) is 2.29. The molecule has 1 aromatic rings. The van der Waals surface area contributed by atoms with Crippen LogP contribution in [-0.2, 0) is 0 Å². The van der Waals surface area contributed by atoms with Gasteiger partial charge in [-0.15, -0.1) is 0 Å². The minimum Gasteiger partial charge on any atom is -0.288 e. The first-order valence-corrected chi connectivity index (χ1v) is 4.05. The van der Waals surface area contributed by atoms with Crippen molar-refractivity contribution in [1.82, 2.24) is 0 Å². The summed E-state index contributed by atoms with van der Waals surface area (Å²) in [7, 11) is 0. The van der Waals surface area contributed by atoms with Crippen LogP contribution in [0.2, 0.25) is 10.0 Å². The third kappa shape index (κ3) is 2.39. The largest absolute Gasteiger partial charge is 0.300 e. The Hall–Kier alpha value is -0.670. The third-order valence-electron chi connectivity index (χ3n) is 1.40. The van der Waals surface area contributed by atoms with Crippen LogP contribution >= 0.6 is 23.2 Å². The van der Waals surface area contributed by atoms with Crippen molar-refractivity contribution >= 4 is 29.0 Å². The van der Waals surface area contributed by atoms with E-state index in [-0.39, 0.29) is 15.6 Å². The highest BCUT2D eigenvalue weighted by Crippen LogP contribution is 2.23. The van der Waals surface area contributed by atoms with Crippen molar-refractivity contribution in [3.63, 3.8) is 0 Å². The fraction of sp³-hybridized carbons (Fsp3) is 0.125. The molecule has 0 spiro atoms. The van der Waals surface area contributed by atoms with Gasteiger partial charge in [-0.25, -0.2) is 8.78 Å². The average molecular weight is 225 g/mol. The van der Waals surface area contributed by atoms with Crippen LogP contribution in [0.15, 0.2) is 18.2 Å². The molecule has 1 aromatic carbocycles. The monoisotopic (exact) mass is 224 g/mol. The fourth-order valence-electron chi connectivity index (χ4n) is 0.775. The number of rotatable bonds is 2. The smallest absolute Gasteiger partial charge is 0.288 e. The maximum Gasteiger partial charge on any atom is 0.300 e. The van der Waals surface area contributed by atoms with Gasteiger partial charge in [0.05, 0.1) is 10.0 Å². The van der Waals surface area contributed by atoms with Crippen molar-refractivity contribution in [2.24, 2.45) is 0 Å². The topological polar surface area (TPSA) is 17.1 Å². The van der Waals surface area contributed by atoms with Crippen LogP contribution in [0.4, 0.5) is 8.78 Å². The first kappa shape index (κ1) is 10.4. The van der Waals surface area contributed by atoms with E-state index in [1.54, 1.807) is 0 Å². The predicted molar refractivity (Wildman–Crippen MR) is 46.8 cm³/mol. The molecule has 0 heterocycles. The highest BCUT2D eigenvalue weighted by atomic mass is 35.5. The van der Waals surface area contributed by atoms with Gasteiger partial charge in [-0.2, -0.15) is 0 Å². The van der Waals surface area contributed by atoms with Crippen molar-refractivity contribution in [2.45, 2.75) is 6.43 Å². The summed E-state index contributed by atoms with van der Waals surface area (Å²) in [4.78, 5) is 10.8. The molecule has 70 valence electrons. The molecule has 0 radical (unpaired) electrons. The summed E-state index contributed by atoms with van der Waals surface area (Å²) in [6.07, 6.45) is -3.02. The normalized spacial score (nSPS) is 10.5. The first-order valence-electron chi connectivity index (χ1n) is 3.30. The van der Waals surface area contributed by atoms with Crippen LogP contribution in [0, 0.1) is 0 Å². The number of hydrogen-bond donors (Lipinski definition) is 0. The molecule has 0 aliphatic heterocycles. The minimum absolute atomic E-state index is 0.0909. The first-order chi connectivity index (χ1) is 6.02. The highest BCUT2D eigenvalue weighted by molar-refractivity contribution is 6.42. The number of halogens is 4. The number of hydrogen-bond acceptors (Lipinski definition) is 1. The zero-order valence-corrected chi connectivity index (χ0v) is 7.74. The number of ketones is 1. The molecular weight excluding hydrogens is 221 g/mol. The number of benzene rings is 1. The van der Waals surface area contributed by atoms with Crippen LogP contribution < -0.4 is 0 Å². The Bertz CT molecular complexity index is 339. The van der Waals surface area contributed by atoms with E-state index in [1.807, 2.05) is 0 Å². The molecular formula is C8H4Cl2F2O. The summed E-state index contributed by atoms with van der Waals surface area (Å²) >= 11 is 11.1. The van der Waals surface area contributed by atoms with Gasteiger partial charge in [-0.3, -0.25) is 4.79 Å². The lowest BCUT2D eigenvalue weighted by Crippen LogP contribution is -2.09. The van der Waals surface area contributed by atoms with Crippen molar-refractivity contribution in [3.8, 4) is 0 Å². The second kappa shape index (κ2) is 4.03. The van der Waals surface area contributed by atoms with E-state index in [2.05, 4.69) is 0 Å². The van der Waals surface area contributed by atoms with E-state index in [1.165, 1.54) is 12.1 Å². The SMILES string of the molecule is O=C(c1ccc(Cl)c(Cl)c1)C(F)F.